The smallest absolute Gasteiger partial charge is 0.348 e. The zero-order valence-corrected chi connectivity index (χ0v) is 13.7. The minimum absolute atomic E-state index is 0.162. The number of hydrogen-bond acceptors (Lipinski definition) is 3. The number of aromatic nitrogens is 3. The molecule has 0 saturated heterocycles. The second-order valence-electron chi connectivity index (χ2n) is 5.92. The second kappa shape index (κ2) is 6.62. The van der Waals surface area contributed by atoms with Crippen LogP contribution in [0.5, 0.6) is 0 Å². The molecule has 1 aromatic heterocycles. The molecular weight excluding hydrogens is 321 g/mol. The van der Waals surface area contributed by atoms with Gasteiger partial charge in [-0.3, -0.25) is 4.79 Å². The lowest BCUT2D eigenvalue weighted by Gasteiger charge is -2.25. The Bertz CT molecular complexity index is 722. The molecule has 24 heavy (non-hydrogen) atoms. The molecule has 8 heteroatoms. The molecule has 0 bridgehead atoms. The summed E-state index contributed by atoms with van der Waals surface area (Å²) >= 11 is 0. The van der Waals surface area contributed by atoms with Crippen molar-refractivity contribution in [3.63, 3.8) is 0 Å². The molecule has 0 aliphatic rings. The molecule has 0 atom stereocenters. The molecule has 2 rings (SSSR count). The fraction of sp³-hybridized carbons (Fsp3) is 0.438. The first-order chi connectivity index (χ1) is 11.2. The van der Waals surface area contributed by atoms with Crippen LogP contribution in [0.1, 0.15) is 37.7 Å². The van der Waals surface area contributed by atoms with Gasteiger partial charge in [-0.05, 0) is 32.4 Å². The summed E-state index contributed by atoms with van der Waals surface area (Å²) < 4.78 is 40.3. The van der Waals surface area contributed by atoms with Gasteiger partial charge in [-0.25, -0.2) is 0 Å². The molecule has 0 spiro atoms. The van der Waals surface area contributed by atoms with Gasteiger partial charge in [0.2, 0.25) is 5.91 Å². The highest BCUT2D eigenvalue weighted by Crippen LogP contribution is 2.32. The first kappa shape index (κ1) is 18.0. The van der Waals surface area contributed by atoms with Gasteiger partial charge in [0.15, 0.2) is 5.82 Å². The van der Waals surface area contributed by atoms with Crippen LogP contribution in [-0.2, 0) is 29.5 Å². The van der Waals surface area contributed by atoms with Gasteiger partial charge >= 0.3 is 6.18 Å². The van der Waals surface area contributed by atoms with Gasteiger partial charge in [0, 0.05) is 6.54 Å². The minimum Gasteiger partial charge on any atom is -0.348 e. The van der Waals surface area contributed by atoms with E-state index < -0.39 is 17.2 Å². The van der Waals surface area contributed by atoms with E-state index >= 15 is 0 Å². The summed E-state index contributed by atoms with van der Waals surface area (Å²) in [6, 6.07) is 4.82. The number of carbonyl (C=O) groups excluding carboxylic acids is 1. The molecular formula is C16H19F3N4O. The molecule has 2 aromatic rings. The van der Waals surface area contributed by atoms with Gasteiger partial charge in [0.05, 0.1) is 17.5 Å². The third kappa shape index (κ3) is 3.74. The van der Waals surface area contributed by atoms with Crippen molar-refractivity contribution < 1.29 is 18.0 Å². The van der Waals surface area contributed by atoms with E-state index in [2.05, 4.69) is 15.5 Å². The van der Waals surface area contributed by atoms with Gasteiger partial charge in [-0.1, -0.05) is 18.2 Å². The molecule has 0 aliphatic heterocycles. The molecule has 0 radical (unpaired) electrons. The molecule has 1 heterocycles. The van der Waals surface area contributed by atoms with Crippen molar-refractivity contribution >= 4 is 5.91 Å². The molecule has 1 aromatic carbocycles. The highest BCUT2D eigenvalue weighted by molar-refractivity contribution is 5.87. The zero-order chi connectivity index (χ0) is 18.0. The highest BCUT2D eigenvalue weighted by atomic mass is 19.4. The normalized spacial score (nSPS) is 12.2. The van der Waals surface area contributed by atoms with Gasteiger partial charge < -0.3 is 9.88 Å². The van der Waals surface area contributed by atoms with Gasteiger partial charge in [-0.2, -0.15) is 13.2 Å². The summed E-state index contributed by atoms with van der Waals surface area (Å²) in [6.07, 6.45) is -2.89. The first-order valence-electron chi connectivity index (χ1n) is 7.49. The summed E-state index contributed by atoms with van der Waals surface area (Å²) in [5.41, 5.74) is -1.59. The SMILES string of the molecule is CCn1cnnc1CNC(=O)C(C)(C)c1cccc(C(F)(F)F)c1. The Hall–Kier alpha value is -2.38. The van der Waals surface area contributed by atoms with E-state index in [9.17, 15) is 18.0 Å². The standard InChI is InChI=1S/C16H19F3N4O/c1-4-23-10-21-22-13(23)9-20-14(24)15(2,3)11-6-5-7-12(8-11)16(17,18)19/h5-8,10H,4,9H2,1-3H3,(H,20,24). The molecule has 0 saturated carbocycles. The summed E-state index contributed by atoms with van der Waals surface area (Å²) in [5, 5.41) is 10.4. The van der Waals surface area contributed by atoms with Crippen LogP contribution >= 0.6 is 0 Å². The molecule has 0 fully saturated rings. The van der Waals surface area contributed by atoms with Crippen molar-refractivity contribution in [1.82, 2.24) is 20.1 Å². The number of hydrogen-bond donors (Lipinski definition) is 1. The molecule has 5 nitrogen and oxygen atoms in total. The predicted octanol–water partition coefficient (Wildman–Crippen LogP) is 2.91. The Kier molecular flexibility index (Phi) is 4.96. The lowest BCUT2D eigenvalue weighted by atomic mass is 9.83. The Balaban J connectivity index is 2.16. The van der Waals surface area contributed by atoms with Crippen molar-refractivity contribution in [2.45, 2.75) is 45.5 Å². The number of nitrogens with one attached hydrogen (secondary N) is 1. The maximum atomic E-state index is 12.9. The number of alkyl halides is 3. The Morgan fingerprint density at radius 3 is 2.54 bits per heavy atom. The van der Waals surface area contributed by atoms with Crippen LogP contribution < -0.4 is 5.32 Å². The number of aryl methyl sites for hydroxylation is 1. The van der Waals surface area contributed by atoms with Crippen molar-refractivity contribution in [3.05, 3.63) is 47.5 Å². The zero-order valence-electron chi connectivity index (χ0n) is 13.7. The van der Waals surface area contributed by atoms with E-state index in [1.165, 1.54) is 12.1 Å². The first-order valence-corrected chi connectivity index (χ1v) is 7.49. The Morgan fingerprint density at radius 2 is 1.92 bits per heavy atom. The van der Waals surface area contributed by atoms with Crippen LogP contribution in [-0.4, -0.2) is 20.7 Å². The molecule has 1 amide bonds. The van der Waals surface area contributed by atoms with Gasteiger partial charge in [-0.15, -0.1) is 10.2 Å². The van der Waals surface area contributed by atoms with E-state index in [-0.39, 0.29) is 12.5 Å². The quantitative estimate of drug-likeness (QED) is 0.910. The van der Waals surface area contributed by atoms with E-state index in [0.29, 0.717) is 17.9 Å². The number of nitrogens with zero attached hydrogens (tertiary/aromatic N) is 3. The van der Waals surface area contributed by atoms with Crippen LogP contribution in [0.4, 0.5) is 13.2 Å². The summed E-state index contributed by atoms with van der Waals surface area (Å²) in [6.45, 7) is 5.91. The number of carbonyl (C=O) groups is 1. The number of benzene rings is 1. The largest absolute Gasteiger partial charge is 0.416 e. The van der Waals surface area contributed by atoms with Gasteiger partial charge in [0.25, 0.3) is 0 Å². The van der Waals surface area contributed by atoms with Crippen molar-refractivity contribution in [3.8, 4) is 0 Å². The van der Waals surface area contributed by atoms with Crippen LogP contribution in [0.25, 0.3) is 0 Å². The Morgan fingerprint density at radius 1 is 1.25 bits per heavy atom. The fourth-order valence-corrected chi connectivity index (χ4v) is 2.28. The van der Waals surface area contributed by atoms with Crippen molar-refractivity contribution in [2.75, 3.05) is 0 Å². The highest BCUT2D eigenvalue weighted by Gasteiger charge is 2.34. The maximum absolute atomic E-state index is 12.9. The Labute approximate surface area is 137 Å². The lowest BCUT2D eigenvalue weighted by Crippen LogP contribution is -2.40. The molecule has 0 unspecified atom stereocenters. The second-order valence-corrected chi connectivity index (χ2v) is 5.92. The summed E-state index contributed by atoms with van der Waals surface area (Å²) in [5.74, 6) is 0.207. The van der Waals surface area contributed by atoms with Crippen molar-refractivity contribution in [1.29, 1.82) is 0 Å². The van der Waals surface area contributed by atoms with Crippen LogP contribution in [0.3, 0.4) is 0 Å². The molecule has 0 aliphatic carbocycles. The van der Waals surface area contributed by atoms with E-state index in [1.807, 2.05) is 6.92 Å². The van der Waals surface area contributed by atoms with E-state index in [0.717, 1.165) is 12.1 Å². The van der Waals surface area contributed by atoms with Gasteiger partial charge in [0.1, 0.15) is 6.33 Å². The average Bonchev–Trinajstić information content (AvgIpc) is 2.99. The predicted molar refractivity (Wildman–Crippen MR) is 82.0 cm³/mol. The number of amides is 1. The fourth-order valence-electron chi connectivity index (χ4n) is 2.28. The third-order valence-corrected chi connectivity index (χ3v) is 3.92. The maximum Gasteiger partial charge on any atom is 0.416 e. The van der Waals surface area contributed by atoms with Crippen molar-refractivity contribution in [2.24, 2.45) is 0 Å². The average molecular weight is 340 g/mol. The lowest BCUT2D eigenvalue weighted by molar-refractivity contribution is -0.138. The monoisotopic (exact) mass is 340 g/mol. The molecule has 130 valence electrons. The summed E-state index contributed by atoms with van der Waals surface area (Å²) in [7, 11) is 0. The summed E-state index contributed by atoms with van der Waals surface area (Å²) in [4.78, 5) is 12.5. The van der Waals surface area contributed by atoms with Crippen LogP contribution in [0.2, 0.25) is 0 Å². The minimum atomic E-state index is -4.44. The molecule has 1 N–H and O–H groups in total. The van der Waals surface area contributed by atoms with Crippen LogP contribution in [0.15, 0.2) is 30.6 Å². The number of rotatable bonds is 5. The topological polar surface area (TPSA) is 59.8 Å². The van der Waals surface area contributed by atoms with E-state index in [1.54, 1.807) is 24.7 Å². The number of halogens is 3. The van der Waals surface area contributed by atoms with E-state index in [4.69, 9.17) is 0 Å². The van der Waals surface area contributed by atoms with Crippen LogP contribution in [0, 0.1) is 0 Å². The third-order valence-electron chi connectivity index (χ3n) is 3.92.